The second-order valence-corrected chi connectivity index (χ2v) is 5.91. The fourth-order valence-electron chi connectivity index (χ4n) is 3.17. The lowest BCUT2D eigenvalue weighted by atomic mass is 10.0. The molecule has 3 heterocycles. The molecule has 2 saturated heterocycles. The predicted molar refractivity (Wildman–Crippen MR) is 79.1 cm³/mol. The molecule has 0 amide bonds. The molecule has 3 rings (SSSR count). The van der Waals surface area contributed by atoms with Crippen LogP contribution in [0.4, 0.5) is 5.82 Å². The number of aryl methyl sites for hydroxylation is 1. The first-order valence-electron chi connectivity index (χ1n) is 7.59. The number of hydrogen-bond donors (Lipinski definition) is 0. The number of hydrogen-bond acceptors (Lipinski definition) is 6. The molecule has 0 N–H and O–H groups in total. The lowest BCUT2D eigenvalue weighted by Gasteiger charge is -2.39. The van der Waals surface area contributed by atoms with Crippen molar-refractivity contribution in [2.75, 3.05) is 31.6 Å². The van der Waals surface area contributed by atoms with Crippen LogP contribution < -0.4 is 4.90 Å². The second-order valence-electron chi connectivity index (χ2n) is 5.91. The number of piperidine rings is 1. The van der Waals surface area contributed by atoms with Gasteiger partial charge in [-0.3, -0.25) is 9.69 Å². The van der Waals surface area contributed by atoms with E-state index >= 15 is 0 Å². The highest BCUT2D eigenvalue weighted by Crippen LogP contribution is 2.23. The number of likely N-dealkylation sites (N-methyl/N-ethyl adjacent to an activating group) is 1. The molecule has 1 aromatic rings. The van der Waals surface area contributed by atoms with Crippen LogP contribution >= 0.6 is 0 Å². The molecule has 0 aromatic carbocycles. The summed E-state index contributed by atoms with van der Waals surface area (Å²) in [7, 11) is 2.03. The average Bonchev–Trinajstić information content (AvgIpc) is 2.93. The first-order chi connectivity index (χ1) is 10.1. The molecule has 0 radical (unpaired) electrons. The zero-order valence-corrected chi connectivity index (χ0v) is 12.7. The Kier molecular flexibility index (Phi) is 4.05. The normalized spacial score (nSPS) is 26.2. The predicted octanol–water partition coefficient (Wildman–Crippen LogP) is 1.00. The summed E-state index contributed by atoms with van der Waals surface area (Å²) in [6.07, 6.45) is 3.01. The van der Waals surface area contributed by atoms with Gasteiger partial charge in [-0.05, 0) is 38.9 Å². The summed E-state index contributed by atoms with van der Waals surface area (Å²) in [6.45, 7) is 4.37. The van der Waals surface area contributed by atoms with Crippen LogP contribution in [0.2, 0.25) is 0 Å². The van der Waals surface area contributed by atoms with Gasteiger partial charge < -0.3 is 9.64 Å². The molecule has 0 bridgehead atoms. The van der Waals surface area contributed by atoms with Gasteiger partial charge in [-0.2, -0.15) is 5.10 Å². The van der Waals surface area contributed by atoms with Gasteiger partial charge in [-0.25, -0.2) is 0 Å². The molecule has 2 aliphatic heterocycles. The van der Waals surface area contributed by atoms with E-state index in [-0.39, 0.29) is 12.0 Å². The van der Waals surface area contributed by atoms with Gasteiger partial charge in [-0.1, -0.05) is 0 Å². The Labute approximate surface area is 125 Å². The SMILES string of the molecule is Cc1ccc(N2CCC[C@@H](N(C)[C@@H]3CCOC3=O)C2)nn1. The van der Waals surface area contributed by atoms with E-state index in [0.29, 0.717) is 12.6 Å². The zero-order chi connectivity index (χ0) is 14.8. The summed E-state index contributed by atoms with van der Waals surface area (Å²) in [6, 6.07) is 4.29. The zero-order valence-electron chi connectivity index (χ0n) is 12.7. The van der Waals surface area contributed by atoms with Crippen LogP contribution in [-0.2, 0) is 9.53 Å². The van der Waals surface area contributed by atoms with Crippen molar-refractivity contribution >= 4 is 11.8 Å². The quantitative estimate of drug-likeness (QED) is 0.774. The summed E-state index contributed by atoms with van der Waals surface area (Å²) >= 11 is 0. The van der Waals surface area contributed by atoms with Gasteiger partial charge in [0, 0.05) is 25.6 Å². The van der Waals surface area contributed by atoms with E-state index in [4.69, 9.17) is 4.74 Å². The number of aromatic nitrogens is 2. The number of cyclic esters (lactones) is 1. The molecule has 21 heavy (non-hydrogen) atoms. The molecule has 6 heteroatoms. The maximum absolute atomic E-state index is 11.7. The summed E-state index contributed by atoms with van der Waals surface area (Å²) in [5.41, 5.74) is 0.929. The maximum Gasteiger partial charge on any atom is 0.323 e. The first-order valence-corrected chi connectivity index (χ1v) is 7.59. The molecule has 0 spiro atoms. The molecule has 2 aliphatic rings. The van der Waals surface area contributed by atoms with E-state index in [1.54, 1.807) is 0 Å². The molecule has 0 unspecified atom stereocenters. The molecule has 2 fully saturated rings. The summed E-state index contributed by atoms with van der Waals surface area (Å²) in [4.78, 5) is 16.2. The summed E-state index contributed by atoms with van der Waals surface area (Å²) < 4.78 is 5.09. The topological polar surface area (TPSA) is 58.6 Å². The third kappa shape index (κ3) is 3.00. The summed E-state index contributed by atoms with van der Waals surface area (Å²) in [5.74, 6) is 0.845. The third-order valence-corrected chi connectivity index (χ3v) is 4.48. The molecule has 6 nitrogen and oxygen atoms in total. The number of carbonyl (C=O) groups excluding carboxylic acids is 1. The molecular formula is C15H22N4O2. The van der Waals surface area contributed by atoms with Crippen molar-refractivity contribution in [3.05, 3.63) is 17.8 Å². The van der Waals surface area contributed by atoms with Crippen molar-refractivity contribution in [2.45, 2.75) is 38.3 Å². The van der Waals surface area contributed by atoms with Crippen molar-refractivity contribution in [1.82, 2.24) is 15.1 Å². The van der Waals surface area contributed by atoms with Crippen LogP contribution in [0.25, 0.3) is 0 Å². The van der Waals surface area contributed by atoms with Gasteiger partial charge >= 0.3 is 5.97 Å². The maximum atomic E-state index is 11.7. The van der Waals surface area contributed by atoms with E-state index in [1.807, 2.05) is 26.1 Å². The lowest BCUT2D eigenvalue weighted by molar-refractivity contribution is -0.142. The minimum absolute atomic E-state index is 0.0789. The van der Waals surface area contributed by atoms with Crippen LogP contribution in [0, 0.1) is 6.92 Å². The van der Waals surface area contributed by atoms with E-state index in [9.17, 15) is 4.79 Å². The lowest BCUT2D eigenvalue weighted by Crippen LogP contribution is -2.51. The van der Waals surface area contributed by atoms with Crippen LogP contribution in [-0.4, -0.2) is 59.9 Å². The Morgan fingerprint density at radius 2 is 2.19 bits per heavy atom. The van der Waals surface area contributed by atoms with Crippen molar-refractivity contribution in [3.63, 3.8) is 0 Å². The van der Waals surface area contributed by atoms with Crippen LogP contribution in [0.3, 0.4) is 0 Å². The molecule has 0 aliphatic carbocycles. The number of ether oxygens (including phenoxy) is 1. The van der Waals surface area contributed by atoms with Crippen LogP contribution in [0.5, 0.6) is 0 Å². The molecule has 114 valence electrons. The molecular weight excluding hydrogens is 268 g/mol. The highest BCUT2D eigenvalue weighted by molar-refractivity contribution is 5.77. The van der Waals surface area contributed by atoms with Crippen LogP contribution in [0.1, 0.15) is 25.0 Å². The Hall–Kier alpha value is -1.69. The van der Waals surface area contributed by atoms with Crippen molar-refractivity contribution in [3.8, 4) is 0 Å². The van der Waals surface area contributed by atoms with Crippen molar-refractivity contribution < 1.29 is 9.53 Å². The fourth-order valence-corrected chi connectivity index (χ4v) is 3.17. The Balaban J connectivity index is 1.67. The van der Waals surface area contributed by atoms with Crippen molar-refractivity contribution in [1.29, 1.82) is 0 Å². The van der Waals surface area contributed by atoms with Gasteiger partial charge in [0.15, 0.2) is 5.82 Å². The van der Waals surface area contributed by atoms with Gasteiger partial charge in [-0.15, -0.1) is 5.10 Å². The van der Waals surface area contributed by atoms with Crippen molar-refractivity contribution in [2.24, 2.45) is 0 Å². The highest BCUT2D eigenvalue weighted by Gasteiger charge is 2.35. The fraction of sp³-hybridized carbons (Fsp3) is 0.667. The van der Waals surface area contributed by atoms with E-state index in [1.165, 1.54) is 0 Å². The van der Waals surface area contributed by atoms with Crippen LogP contribution in [0.15, 0.2) is 12.1 Å². The minimum Gasteiger partial charge on any atom is -0.464 e. The molecule has 2 atom stereocenters. The smallest absolute Gasteiger partial charge is 0.323 e. The summed E-state index contributed by atoms with van der Waals surface area (Å²) in [5, 5.41) is 8.41. The number of carbonyl (C=O) groups is 1. The largest absolute Gasteiger partial charge is 0.464 e. The second kappa shape index (κ2) is 5.97. The Morgan fingerprint density at radius 3 is 2.86 bits per heavy atom. The van der Waals surface area contributed by atoms with Gasteiger partial charge in [0.1, 0.15) is 6.04 Å². The molecule has 1 aromatic heterocycles. The monoisotopic (exact) mass is 290 g/mol. The average molecular weight is 290 g/mol. The van der Waals surface area contributed by atoms with Gasteiger partial charge in [0.25, 0.3) is 0 Å². The molecule has 0 saturated carbocycles. The number of esters is 1. The number of rotatable bonds is 3. The Bertz CT molecular complexity index is 505. The van der Waals surface area contributed by atoms with E-state index in [2.05, 4.69) is 20.0 Å². The van der Waals surface area contributed by atoms with E-state index in [0.717, 1.165) is 43.9 Å². The standard InChI is InChI=1S/C15H22N4O2/c1-11-5-6-14(17-16-11)19-8-3-4-12(10-19)18(2)13-7-9-21-15(13)20/h5-6,12-13H,3-4,7-10H2,1-2H3/t12-,13-/m1/s1. The third-order valence-electron chi connectivity index (χ3n) is 4.48. The van der Waals surface area contributed by atoms with Gasteiger partial charge in [0.2, 0.25) is 0 Å². The van der Waals surface area contributed by atoms with Gasteiger partial charge in [0.05, 0.1) is 12.3 Å². The Morgan fingerprint density at radius 1 is 1.33 bits per heavy atom. The minimum atomic E-state index is -0.0842. The highest BCUT2D eigenvalue weighted by atomic mass is 16.5. The van der Waals surface area contributed by atoms with E-state index < -0.39 is 0 Å². The number of anilines is 1. The number of nitrogens with zero attached hydrogens (tertiary/aromatic N) is 4. The first kappa shape index (κ1) is 14.3.